The van der Waals surface area contributed by atoms with Crippen LogP contribution >= 0.6 is 23.4 Å². The number of carbonyl (C=O) groups excluding carboxylic acids is 1. The van der Waals surface area contributed by atoms with E-state index >= 15 is 0 Å². The van der Waals surface area contributed by atoms with Crippen molar-refractivity contribution >= 4 is 40.9 Å². The molecule has 4 rings (SSSR count). The van der Waals surface area contributed by atoms with Crippen molar-refractivity contribution in [2.75, 3.05) is 29.1 Å². The molecule has 0 spiro atoms. The number of hydrogen-bond acceptors (Lipinski definition) is 5. The number of aryl methyl sites for hydroxylation is 2. The molecule has 27 heavy (non-hydrogen) atoms. The first-order valence-electron chi connectivity index (χ1n) is 9.42. The second kappa shape index (κ2) is 7.72. The molecule has 1 saturated carbocycles. The summed E-state index contributed by atoms with van der Waals surface area (Å²) >= 11 is 7.74. The summed E-state index contributed by atoms with van der Waals surface area (Å²) in [5.41, 5.74) is 2.74. The molecular formula is C19H24ClN5OS. The van der Waals surface area contributed by atoms with E-state index in [1.165, 1.54) is 24.6 Å². The van der Waals surface area contributed by atoms with Gasteiger partial charge in [-0.15, -0.1) is 10.2 Å². The highest BCUT2D eigenvalue weighted by molar-refractivity contribution is 7.99. The average Bonchev–Trinajstić information content (AvgIpc) is 3.15. The minimum atomic E-state index is -0.0816. The third kappa shape index (κ3) is 4.09. The van der Waals surface area contributed by atoms with Crippen LogP contribution in [0.15, 0.2) is 17.3 Å². The van der Waals surface area contributed by atoms with Crippen LogP contribution in [0, 0.1) is 13.8 Å². The minimum Gasteiger partial charge on any atom is -0.341 e. The van der Waals surface area contributed by atoms with E-state index in [0.29, 0.717) is 16.8 Å². The van der Waals surface area contributed by atoms with Gasteiger partial charge in [-0.05, 0) is 56.7 Å². The van der Waals surface area contributed by atoms with Gasteiger partial charge in [-0.2, -0.15) is 0 Å². The Morgan fingerprint density at radius 3 is 2.67 bits per heavy atom. The molecule has 144 valence electrons. The molecule has 1 saturated heterocycles. The molecule has 1 N–H and O–H groups in total. The summed E-state index contributed by atoms with van der Waals surface area (Å²) in [5.74, 6) is 1.17. The van der Waals surface area contributed by atoms with Crippen LogP contribution in [0.5, 0.6) is 0 Å². The Balaban J connectivity index is 1.44. The first-order valence-corrected chi connectivity index (χ1v) is 10.8. The maximum Gasteiger partial charge on any atom is 0.234 e. The number of benzene rings is 1. The van der Waals surface area contributed by atoms with Crippen LogP contribution in [0.1, 0.15) is 42.9 Å². The standard InChI is InChI=1S/C19H24ClN5OS/c1-12-9-13(2)17(15(20)10-12)21-16(26)11-27-19-23-22-18(24-7-3-4-8-24)25(19)14-5-6-14/h9-10,14H,3-8,11H2,1-2H3,(H,21,26). The molecular weight excluding hydrogens is 382 g/mol. The Kier molecular flexibility index (Phi) is 5.32. The molecule has 2 heterocycles. The van der Waals surface area contributed by atoms with Gasteiger partial charge in [-0.3, -0.25) is 9.36 Å². The van der Waals surface area contributed by atoms with Crippen molar-refractivity contribution in [3.05, 3.63) is 28.3 Å². The summed E-state index contributed by atoms with van der Waals surface area (Å²) in [4.78, 5) is 14.8. The van der Waals surface area contributed by atoms with E-state index in [1.807, 2.05) is 26.0 Å². The van der Waals surface area contributed by atoms with Crippen molar-refractivity contribution < 1.29 is 4.79 Å². The van der Waals surface area contributed by atoms with Crippen molar-refractivity contribution in [2.45, 2.75) is 50.7 Å². The van der Waals surface area contributed by atoms with Crippen LogP contribution < -0.4 is 10.2 Å². The maximum absolute atomic E-state index is 12.5. The molecule has 1 amide bonds. The fraction of sp³-hybridized carbons (Fsp3) is 0.526. The van der Waals surface area contributed by atoms with Crippen molar-refractivity contribution in [2.24, 2.45) is 0 Å². The normalized spacial score (nSPS) is 16.8. The molecule has 0 bridgehead atoms. The van der Waals surface area contributed by atoms with Crippen molar-refractivity contribution in [3.8, 4) is 0 Å². The lowest BCUT2D eigenvalue weighted by Crippen LogP contribution is -2.22. The first kappa shape index (κ1) is 18.6. The highest BCUT2D eigenvalue weighted by Crippen LogP contribution is 2.41. The number of hydrogen-bond donors (Lipinski definition) is 1. The van der Waals surface area contributed by atoms with Gasteiger partial charge < -0.3 is 10.2 Å². The first-order chi connectivity index (χ1) is 13.0. The number of nitrogens with zero attached hydrogens (tertiary/aromatic N) is 4. The van der Waals surface area contributed by atoms with Gasteiger partial charge in [0.15, 0.2) is 5.16 Å². The highest BCUT2D eigenvalue weighted by atomic mass is 35.5. The highest BCUT2D eigenvalue weighted by Gasteiger charge is 2.32. The van der Waals surface area contributed by atoms with Crippen LogP contribution in [-0.2, 0) is 4.79 Å². The Bertz CT molecular complexity index is 835. The zero-order valence-electron chi connectivity index (χ0n) is 15.7. The van der Waals surface area contributed by atoms with E-state index in [0.717, 1.165) is 48.2 Å². The fourth-order valence-corrected chi connectivity index (χ4v) is 4.70. The van der Waals surface area contributed by atoms with E-state index in [-0.39, 0.29) is 11.7 Å². The number of rotatable bonds is 6. The third-order valence-electron chi connectivity index (χ3n) is 4.98. The fourth-order valence-electron chi connectivity index (χ4n) is 3.53. The van der Waals surface area contributed by atoms with Crippen molar-refractivity contribution in [1.82, 2.24) is 14.8 Å². The molecule has 1 aromatic heterocycles. The van der Waals surface area contributed by atoms with E-state index in [1.54, 1.807) is 0 Å². The van der Waals surface area contributed by atoms with Gasteiger partial charge in [0.25, 0.3) is 0 Å². The molecule has 2 aliphatic rings. The second-order valence-corrected chi connectivity index (χ2v) is 8.70. The second-order valence-electron chi connectivity index (χ2n) is 7.35. The van der Waals surface area contributed by atoms with Gasteiger partial charge in [0.05, 0.1) is 16.5 Å². The number of nitrogens with one attached hydrogen (secondary N) is 1. The zero-order valence-corrected chi connectivity index (χ0v) is 17.2. The van der Waals surface area contributed by atoms with Crippen LogP contribution in [0.25, 0.3) is 0 Å². The number of thioether (sulfide) groups is 1. The molecule has 2 fully saturated rings. The summed E-state index contributed by atoms with van der Waals surface area (Å²) in [5, 5.41) is 13.2. The topological polar surface area (TPSA) is 63.1 Å². The van der Waals surface area contributed by atoms with Gasteiger partial charge in [-0.25, -0.2) is 0 Å². The molecule has 6 nitrogen and oxygen atoms in total. The van der Waals surface area contributed by atoms with Gasteiger partial charge >= 0.3 is 0 Å². The number of anilines is 2. The summed E-state index contributed by atoms with van der Waals surface area (Å²) < 4.78 is 2.23. The number of amides is 1. The molecule has 1 aromatic carbocycles. The largest absolute Gasteiger partial charge is 0.341 e. The van der Waals surface area contributed by atoms with Gasteiger partial charge in [-0.1, -0.05) is 29.4 Å². The molecule has 0 radical (unpaired) electrons. The van der Waals surface area contributed by atoms with Gasteiger partial charge in [0, 0.05) is 19.1 Å². The Morgan fingerprint density at radius 2 is 2.00 bits per heavy atom. The van der Waals surface area contributed by atoms with Crippen LogP contribution in [-0.4, -0.2) is 39.5 Å². The average molecular weight is 406 g/mol. The Hall–Kier alpha value is -1.73. The number of halogens is 1. The summed E-state index contributed by atoms with van der Waals surface area (Å²) in [6.45, 7) is 6.03. The molecule has 0 unspecified atom stereocenters. The van der Waals surface area contributed by atoms with Crippen LogP contribution in [0.2, 0.25) is 5.02 Å². The van der Waals surface area contributed by atoms with E-state index < -0.39 is 0 Å². The third-order valence-corrected chi connectivity index (χ3v) is 6.22. The predicted octanol–water partition coefficient (Wildman–Crippen LogP) is 4.21. The minimum absolute atomic E-state index is 0.0816. The number of carbonyl (C=O) groups is 1. The van der Waals surface area contributed by atoms with Crippen molar-refractivity contribution in [3.63, 3.8) is 0 Å². The molecule has 2 aromatic rings. The monoisotopic (exact) mass is 405 g/mol. The lowest BCUT2D eigenvalue weighted by molar-refractivity contribution is -0.113. The van der Waals surface area contributed by atoms with Gasteiger partial charge in [0.1, 0.15) is 0 Å². The van der Waals surface area contributed by atoms with E-state index in [9.17, 15) is 4.79 Å². The smallest absolute Gasteiger partial charge is 0.234 e. The summed E-state index contributed by atoms with van der Waals surface area (Å²) in [6, 6.07) is 4.36. The quantitative estimate of drug-likeness (QED) is 0.729. The Labute approximate surface area is 168 Å². The summed E-state index contributed by atoms with van der Waals surface area (Å²) in [7, 11) is 0. The number of aromatic nitrogens is 3. The van der Waals surface area contributed by atoms with Crippen LogP contribution in [0.4, 0.5) is 11.6 Å². The Morgan fingerprint density at radius 1 is 1.26 bits per heavy atom. The lowest BCUT2D eigenvalue weighted by atomic mass is 10.1. The molecule has 8 heteroatoms. The molecule has 1 aliphatic carbocycles. The predicted molar refractivity (Wildman–Crippen MR) is 110 cm³/mol. The molecule has 1 aliphatic heterocycles. The van der Waals surface area contributed by atoms with E-state index in [4.69, 9.17) is 11.6 Å². The molecule has 0 atom stereocenters. The van der Waals surface area contributed by atoms with Crippen molar-refractivity contribution in [1.29, 1.82) is 0 Å². The summed E-state index contributed by atoms with van der Waals surface area (Å²) in [6.07, 6.45) is 4.74. The van der Waals surface area contributed by atoms with Crippen LogP contribution in [0.3, 0.4) is 0 Å². The lowest BCUT2D eigenvalue weighted by Gasteiger charge is -2.18. The SMILES string of the molecule is Cc1cc(C)c(NC(=O)CSc2nnc(N3CCCC3)n2C2CC2)c(Cl)c1. The maximum atomic E-state index is 12.5. The zero-order chi connectivity index (χ0) is 19.0. The van der Waals surface area contributed by atoms with E-state index in [2.05, 4.69) is 25.0 Å². The van der Waals surface area contributed by atoms with Gasteiger partial charge in [0.2, 0.25) is 11.9 Å².